The minimum atomic E-state index is -0.351. The molecule has 0 atom stereocenters. The van der Waals surface area contributed by atoms with Crippen LogP contribution in [0.5, 0.6) is 5.75 Å². The van der Waals surface area contributed by atoms with Gasteiger partial charge in [0.25, 0.3) is 11.8 Å². The van der Waals surface area contributed by atoms with Gasteiger partial charge in [0.1, 0.15) is 12.4 Å². The third-order valence-corrected chi connectivity index (χ3v) is 5.00. The molecule has 0 aliphatic heterocycles. The third-order valence-electron chi connectivity index (χ3n) is 4.79. The van der Waals surface area contributed by atoms with Crippen LogP contribution in [-0.2, 0) is 4.74 Å². The van der Waals surface area contributed by atoms with Crippen molar-refractivity contribution in [2.45, 2.75) is 13.8 Å². The lowest BCUT2D eigenvalue weighted by Crippen LogP contribution is -2.34. The summed E-state index contributed by atoms with van der Waals surface area (Å²) in [6, 6.07) is 21.3. The fourth-order valence-corrected chi connectivity index (χ4v) is 3.30. The second-order valence-corrected chi connectivity index (χ2v) is 7.74. The van der Waals surface area contributed by atoms with E-state index in [0.29, 0.717) is 48.1 Å². The Balaban J connectivity index is 1.55. The van der Waals surface area contributed by atoms with Gasteiger partial charge in [0.2, 0.25) is 0 Å². The van der Waals surface area contributed by atoms with Crippen LogP contribution in [0.1, 0.15) is 33.2 Å². The molecule has 0 fully saturated rings. The van der Waals surface area contributed by atoms with Crippen molar-refractivity contribution in [1.82, 2.24) is 5.32 Å². The van der Waals surface area contributed by atoms with Crippen molar-refractivity contribution >= 4 is 40.5 Å². The second kappa shape index (κ2) is 12.5. The average molecular weight is 478 g/mol. The maximum Gasteiger partial charge on any atom is 0.257 e. The van der Waals surface area contributed by atoms with Gasteiger partial charge in [0.15, 0.2) is 5.11 Å². The van der Waals surface area contributed by atoms with Gasteiger partial charge in [-0.3, -0.25) is 14.9 Å². The molecular weight excluding hydrogens is 450 g/mol. The van der Waals surface area contributed by atoms with Gasteiger partial charge >= 0.3 is 0 Å². The highest BCUT2D eigenvalue weighted by Gasteiger charge is 2.11. The fourth-order valence-electron chi connectivity index (χ4n) is 3.09. The Morgan fingerprint density at radius 2 is 1.62 bits per heavy atom. The Bertz CT molecular complexity index is 1150. The van der Waals surface area contributed by atoms with E-state index in [-0.39, 0.29) is 16.9 Å². The molecule has 7 nitrogen and oxygen atoms in total. The fraction of sp³-hybridized carbons (Fsp3) is 0.192. The molecule has 0 saturated heterocycles. The van der Waals surface area contributed by atoms with Crippen molar-refractivity contribution in [3.05, 3.63) is 89.5 Å². The van der Waals surface area contributed by atoms with E-state index in [1.807, 2.05) is 38.1 Å². The molecular formula is C26H27N3O4S. The minimum absolute atomic E-state index is 0.160. The highest BCUT2D eigenvalue weighted by molar-refractivity contribution is 7.80. The summed E-state index contributed by atoms with van der Waals surface area (Å²) in [5, 5.41) is 8.72. The molecule has 0 aromatic heterocycles. The number of amides is 2. The van der Waals surface area contributed by atoms with Gasteiger partial charge in [0, 0.05) is 29.1 Å². The first-order valence-electron chi connectivity index (χ1n) is 10.9. The highest BCUT2D eigenvalue weighted by atomic mass is 32.1. The summed E-state index contributed by atoms with van der Waals surface area (Å²) in [4.78, 5) is 25.0. The number of aryl methyl sites for hydroxylation is 1. The zero-order valence-corrected chi connectivity index (χ0v) is 19.9. The largest absolute Gasteiger partial charge is 0.491 e. The first-order valence-corrected chi connectivity index (χ1v) is 11.3. The van der Waals surface area contributed by atoms with Crippen molar-refractivity contribution in [1.29, 1.82) is 0 Å². The maximum absolute atomic E-state index is 12.6. The second-order valence-electron chi connectivity index (χ2n) is 7.33. The van der Waals surface area contributed by atoms with Crippen LogP contribution in [0.3, 0.4) is 0 Å². The third kappa shape index (κ3) is 7.40. The Kier molecular flexibility index (Phi) is 9.13. The molecule has 3 rings (SSSR count). The molecule has 176 valence electrons. The molecule has 0 spiro atoms. The van der Waals surface area contributed by atoms with Crippen LogP contribution in [0.2, 0.25) is 0 Å². The summed E-state index contributed by atoms with van der Waals surface area (Å²) in [6.07, 6.45) is 0. The summed E-state index contributed by atoms with van der Waals surface area (Å²) in [5.74, 6) is 0.0440. The zero-order valence-electron chi connectivity index (χ0n) is 19.1. The van der Waals surface area contributed by atoms with Gasteiger partial charge in [-0.2, -0.15) is 0 Å². The first-order chi connectivity index (χ1) is 16.5. The summed E-state index contributed by atoms with van der Waals surface area (Å²) < 4.78 is 10.8. The number of hydrogen-bond donors (Lipinski definition) is 3. The van der Waals surface area contributed by atoms with Gasteiger partial charge in [-0.1, -0.05) is 24.3 Å². The molecule has 8 heteroatoms. The van der Waals surface area contributed by atoms with E-state index in [2.05, 4.69) is 16.0 Å². The Morgan fingerprint density at radius 1 is 0.853 bits per heavy atom. The van der Waals surface area contributed by atoms with E-state index < -0.39 is 0 Å². The number of anilines is 2. The van der Waals surface area contributed by atoms with Crippen LogP contribution in [0.15, 0.2) is 72.8 Å². The molecule has 0 aliphatic rings. The summed E-state index contributed by atoms with van der Waals surface area (Å²) in [6.45, 7) is 5.31. The lowest BCUT2D eigenvalue weighted by molar-refractivity contribution is 0.0974. The Morgan fingerprint density at radius 3 is 2.35 bits per heavy atom. The van der Waals surface area contributed by atoms with E-state index in [1.54, 1.807) is 48.5 Å². The predicted molar refractivity (Wildman–Crippen MR) is 138 cm³/mol. The quantitative estimate of drug-likeness (QED) is 0.303. The lowest BCUT2D eigenvalue weighted by atomic mass is 10.1. The molecule has 0 saturated carbocycles. The molecule has 0 radical (unpaired) electrons. The van der Waals surface area contributed by atoms with E-state index in [0.717, 1.165) is 5.56 Å². The van der Waals surface area contributed by atoms with Crippen LogP contribution in [0.25, 0.3) is 0 Å². The van der Waals surface area contributed by atoms with Crippen LogP contribution in [-0.4, -0.2) is 36.7 Å². The van der Waals surface area contributed by atoms with E-state index in [9.17, 15) is 9.59 Å². The molecule has 0 bridgehead atoms. The molecule has 0 aliphatic carbocycles. The Labute approximate surface area is 204 Å². The van der Waals surface area contributed by atoms with Gasteiger partial charge in [-0.15, -0.1) is 0 Å². The number of carbonyl (C=O) groups is 2. The van der Waals surface area contributed by atoms with Crippen molar-refractivity contribution in [2.24, 2.45) is 0 Å². The number of nitrogens with one attached hydrogen (secondary N) is 3. The van der Waals surface area contributed by atoms with Crippen molar-refractivity contribution < 1.29 is 19.1 Å². The standard InChI is InChI=1S/C26H27N3O4S/c1-3-32-14-15-33-22-11-7-10-20(17-22)25(31)29-26(34)27-21-12-13-23(18(2)16-21)28-24(30)19-8-5-4-6-9-19/h4-13,16-17H,3,14-15H2,1-2H3,(H,28,30)(H2,27,29,31,34). The summed E-state index contributed by atoms with van der Waals surface area (Å²) in [5.41, 5.74) is 3.23. The van der Waals surface area contributed by atoms with Crippen LogP contribution in [0, 0.1) is 6.92 Å². The number of hydrogen-bond acceptors (Lipinski definition) is 5. The number of benzene rings is 3. The number of rotatable bonds is 9. The Hall–Kier alpha value is -3.75. The average Bonchev–Trinajstić information content (AvgIpc) is 2.84. The maximum atomic E-state index is 12.6. The SMILES string of the molecule is CCOCCOc1cccc(C(=O)NC(=S)Nc2ccc(NC(=O)c3ccccc3)c(C)c2)c1. The predicted octanol–water partition coefficient (Wildman–Crippen LogP) is 4.79. The first kappa shape index (κ1) is 24.9. The van der Waals surface area contributed by atoms with Gasteiger partial charge in [-0.25, -0.2) is 0 Å². The van der Waals surface area contributed by atoms with E-state index in [1.165, 1.54) is 0 Å². The normalized spacial score (nSPS) is 10.3. The summed E-state index contributed by atoms with van der Waals surface area (Å²) >= 11 is 5.29. The van der Waals surface area contributed by atoms with E-state index >= 15 is 0 Å². The molecule has 3 aromatic carbocycles. The monoisotopic (exact) mass is 477 g/mol. The van der Waals surface area contributed by atoms with Gasteiger partial charge in [0.05, 0.1) is 6.61 Å². The van der Waals surface area contributed by atoms with Crippen molar-refractivity contribution in [3.8, 4) is 5.75 Å². The van der Waals surface area contributed by atoms with Crippen molar-refractivity contribution in [2.75, 3.05) is 30.5 Å². The van der Waals surface area contributed by atoms with Crippen LogP contribution < -0.4 is 20.7 Å². The van der Waals surface area contributed by atoms with Crippen LogP contribution in [0.4, 0.5) is 11.4 Å². The minimum Gasteiger partial charge on any atom is -0.491 e. The molecule has 2 amide bonds. The highest BCUT2D eigenvalue weighted by Crippen LogP contribution is 2.21. The van der Waals surface area contributed by atoms with E-state index in [4.69, 9.17) is 21.7 Å². The van der Waals surface area contributed by atoms with Gasteiger partial charge < -0.3 is 20.1 Å². The molecule has 0 heterocycles. The molecule has 3 aromatic rings. The van der Waals surface area contributed by atoms with Gasteiger partial charge in [-0.05, 0) is 80.2 Å². The smallest absolute Gasteiger partial charge is 0.257 e. The zero-order chi connectivity index (χ0) is 24.3. The number of carbonyl (C=O) groups excluding carboxylic acids is 2. The topological polar surface area (TPSA) is 88.7 Å². The lowest BCUT2D eigenvalue weighted by Gasteiger charge is -2.13. The van der Waals surface area contributed by atoms with Crippen LogP contribution >= 0.6 is 12.2 Å². The molecule has 34 heavy (non-hydrogen) atoms. The number of ether oxygens (including phenoxy) is 2. The molecule has 3 N–H and O–H groups in total. The molecule has 0 unspecified atom stereocenters. The summed E-state index contributed by atoms with van der Waals surface area (Å²) in [7, 11) is 0. The van der Waals surface area contributed by atoms with Crippen molar-refractivity contribution in [3.63, 3.8) is 0 Å². The number of thiocarbonyl (C=S) groups is 1.